The summed E-state index contributed by atoms with van der Waals surface area (Å²) in [4.78, 5) is 14.4. The molecule has 0 unspecified atom stereocenters. The molecule has 4 nitrogen and oxygen atoms in total. The van der Waals surface area contributed by atoms with Crippen LogP contribution >= 0.6 is 0 Å². The first-order valence-electron chi connectivity index (χ1n) is 6.86. The Kier molecular flexibility index (Phi) is 3.48. The molecule has 0 aromatic heterocycles. The van der Waals surface area contributed by atoms with Gasteiger partial charge in [-0.3, -0.25) is 4.79 Å². The quantitative estimate of drug-likeness (QED) is 0.786. The monoisotopic (exact) mass is 279 g/mol. The Morgan fingerprint density at radius 2 is 2.05 bits per heavy atom. The zero-order valence-electron chi connectivity index (χ0n) is 11.5. The van der Waals surface area contributed by atoms with E-state index in [9.17, 15) is 9.18 Å². The molecule has 1 spiro atoms. The van der Waals surface area contributed by atoms with E-state index < -0.39 is 11.4 Å². The third-order valence-electron chi connectivity index (χ3n) is 4.08. The number of carbonyl (C=O) groups excluding carboxylic acids is 1. The zero-order chi connectivity index (χ0) is 14.2. The van der Waals surface area contributed by atoms with Gasteiger partial charge in [0.2, 0.25) is 0 Å². The molecule has 108 valence electrons. The Labute approximate surface area is 117 Å². The van der Waals surface area contributed by atoms with Gasteiger partial charge in [0.25, 0.3) is 5.91 Å². The van der Waals surface area contributed by atoms with Gasteiger partial charge in [-0.05, 0) is 25.5 Å². The molecular weight excluding hydrogens is 261 g/mol. The summed E-state index contributed by atoms with van der Waals surface area (Å²) in [5.41, 5.74) is 0.587. The number of nitrogens with zero attached hydrogens (tertiary/aromatic N) is 1. The first kappa shape index (κ1) is 13.5. The number of carbonyl (C=O) groups is 1. The van der Waals surface area contributed by atoms with Gasteiger partial charge >= 0.3 is 0 Å². The normalized spacial score (nSPS) is 26.2. The lowest BCUT2D eigenvalue weighted by molar-refractivity contribution is -0.0552. The van der Waals surface area contributed by atoms with Crippen molar-refractivity contribution >= 4 is 5.91 Å². The van der Waals surface area contributed by atoms with Crippen molar-refractivity contribution in [2.75, 3.05) is 33.0 Å². The molecule has 3 rings (SSSR count). The molecule has 0 N–H and O–H groups in total. The topological polar surface area (TPSA) is 38.8 Å². The lowest BCUT2D eigenvalue weighted by atomic mass is 9.94. The Bertz CT molecular complexity index is 526. The second kappa shape index (κ2) is 5.14. The van der Waals surface area contributed by atoms with E-state index in [1.165, 1.54) is 6.07 Å². The molecule has 2 aliphatic rings. The van der Waals surface area contributed by atoms with Gasteiger partial charge in [0, 0.05) is 13.2 Å². The van der Waals surface area contributed by atoms with Gasteiger partial charge in [-0.15, -0.1) is 0 Å². The van der Waals surface area contributed by atoms with Crippen LogP contribution in [0.25, 0.3) is 0 Å². The number of rotatable bonds is 1. The van der Waals surface area contributed by atoms with Crippen molar-refractivity contribution in [1.29, 1.82) is 0 Å². The smallest absolute Gasteiger partial charge is 0.257 e. The van der Waals surface area contributed by atoms with Gasteiger partial charge in [0.05, 0.1) is 30.9 Å². The van der Waals surface area contributed by atoms with Gasteiger partial charge in [-0.2, -0.15) is 0 Å². The van der Waals surface area contributed by atoms with Crippen LogP contribution in [0.4, 0.5) is 4.39 Å². The maximum atomic E-state index is 13.9. The molecule has 1 aromatic carbocycles. The van der Waals surface area contributed by atoms with E-state index in [0.717, 1.165) is 12.0 Å². The number of benzene rings is 1. The van der Waals surface area contributed by atoms with Crippen molar-refractivity contribution in [2.24, 2.45) is 0 Å². The third-order valence-corrected chi connectivity index (χ3v) is 4.08. The predicted molar refractivity (Wildman–Crippen MR) is 71.2 cm³/mol. The largest absolute Gasteiger partial charge is 0.379 e. The van der Waals surface area contributed by atoms with E-state index in [-0.39, 0.29) is 11.5 Å². The van der Waals surface area contributed by atoms with Crippen LogP contribution in [0.3, 0.4) is 0 Å². The van der Waals surface area contributed by atoms with Gasteiger partial charge in [-0.1, -0.05) is 11.6 Å². The molecule has 0 saturated carbocycles. The minimum Gasteiger partial charge on any atom is -0.379 e. The van der Waals surface area contributed by atoms with E-state index in [0.29, 0.717) is 33.0 Å². The van der Waals surface area contributed by atoms with Gasteiger partial charge in [0.15, 0.2) is 0 Å². The number of ether oxygens (including phenoxy) is 2. The summed E-state index contributed by atoms with van der Waals surface area (Å²) in [6.07, 6.45) is 0.742. The standard InChI is InChI=1S/C15H18FNO3/c1-11-2-3-13(16)12(8-11)14(18)17-5-7-20-10-15(17)4-6-19-9-15/h2-3,8H,4-7,9-10H2,1H3/t15-/m1/s1. The van der Waals surface area contributed by atoms with E-state index in [4.69, 9.17) is 9.47 Å². The van der Waals surface area contributed by atoms with Crippen LogP contribution in [-0.2, 0) is 9.47 Å². The summed E-state index contributed by atoms with van der Waals surface area (Å²) in [5, 5.41) is 0. The fraction of sp³-hybridized carbons (Fsp3) is 0.533. The summed E-state index contributed by atoms with van der Waals surface area (Å²) < 4.78 is 24.9. The Balaban J connectivity index is 1.93. The molecule has 1 aromatic rings. The van der Waals surface area contributed by atoms with E-state index in [2.05, 4.69) is 0 Å². The maximum Gasteiger partial charge on any atom is 0.257 e. The highest BCUT2D eigenvalue weighted by Crippen LogP contribution is 2.31. The van der Waals surface area contributed by atoms with Crippen molar-refractivity contribution in [2.45, 2.75) is 18.9 Å². The van der Waals surface area contributed by atoms with Gasteiger partial charge in [-0.25, -0.2) is 4.39 Å². The highest BCUT2D eigenvalue weighted by molar-refractivity contribution is 5.95. The average molecular weight is 279 g/mol. The molecular formula is C15H18FNO3. The van der Waals surface area contributed by atoms with Crippen LogP contribution in [0.15, 0.2) is 18.2 Å². The molecule has 1 amide bonds. The van der Waals surface area contributed by atoms with Crippen molar-refractivity contribution in [1.82, 2.24) is 4.90 Å². The zero-order valence-corrected chi connectivity index (χ0v) is 11.5. The molecule has 2 heterocycles. The number of amides is 1. The third kappa shape index (κ3) is 2.21. The molecule has 2 aliphatic heterocycles. The van der Waals surface area contributed by atoms with E-state index in [1.807, 2.05) is 6.92 Å². The fourth-order valence-electron chi connectivity index (χ4n) is 2.92. The molecule has 2 fully saturated rings. The first-order chi connectivity index (χ1) is 9.62. The number of halogens is 1. The number of hydrogen-bond acceptors (Lipinski definition) is 3. The van der Waals surface area contributed by atoms with Crippen molar-refractivity contribution in [3.05, 3.63) is 35.1 Å². The van der Waals surface area contributed by atoms with Crippen LogP contribution in [0.1, 0.15) is 22.3 Å². The second-order valence-electron chi connectivity index (χ2n) is 5.52. The van der Waals surface area contributed by atoms with Gasteiger partial charge < -0.3 is 14.4 Å². The lowest BCUT2D eigenvalue weighted by Crippen LogP contribution is -2.59. The van der Waals surface area contributed by atoms with Crippen LogP contribution in [0, 0.1) is 12.7 Å². The van der Waals surface area contributed by atoms with Crippen LogP contribution in [0.2, 0.25) is 0 Å². The number of morpholine rings is 1. The molecule has 2 saturated heterocycles. The number of hydrogen-bond donors (Lipinski definition) is 0. The highest BCUT2D eigenvalue weighted by Gasteiger charge is 2.46. The molecule has 5 heteroatoms. The van der Waals surface area contributed by atoms with Crippen LogP contribution in [-0.4, -0.2) is 49.3 Å². The SMILES string of the molecule is Cc1ccc(F)c(C(=O)N2CCOC[C@]23CCOC3)c1. The van der Waals surface area contributed by atoms with Crippen molar-refractivity contribution in [3.63, 3.8) is 0 Å². The summed E-state index contributed by atoms with van der Waals surface area (Å²) in [6, 6.07) is 4.62. The Hall–Kier alpha value is -1.46. The van der Waals surface area contributed by atoms with Crippen molar-refractivity contribution in [3.8, 4) is 0 Å². The lowest BCUT2D eigenvalue weighted by Gasteiger charge is -2.43. The minimum absolute atomic E-state index is 0.137. The van der Waals surface area contributed by atoms with E-state index in [1.54, 1.807) is 17.0 Å². The first-order valence-corrected chi connectivity index (χ1v) is 6.86. The van der Waals surface area contributed by atoms with Crippen molar-refractivity contribution < 1.29 is 18.7 Å². The molecule has 0 radical (unpaired) electrons. The predicted octanol–water partition coefficient (Wildman–Crippen LogP) is 1.77. The highest BCUT2D eigenvalue weighted by atomic mass is 19.1. The van der Waals surface area contributed by atoms with Crippen LogP contribution < -0.4 is 0 Å². The summed E-state index contributed by atoms with van der Waals surface area (Å²) in [7, 11) is 0. The second-order valence-corrected chi connectivity index (χ2v) is 5.52. The maximum absolute atomic E-state index is 13.9. The van der Waals surface area contributed by atoms with Gasteiger partial charge in [0.1, 0.15) is 5.82 Å². The molecule has 0 aliphatic carbocycles. The number of aryl methyl sites for hydroxylation is 1. The molecule has 0 bridgehead atoms. The fourth-order valence-corrected chi connectivity index (χ4v) is 2.92. The minimum atomic E-state index is -0.471. The molecule has 20 heavy (non-hydrogen) atoms. The van der Waals surface area contributed by atoms with E-state index >= 15 is 0 Å². The Morgan fingerprint density at radius 1 is 1.30 bits per heavy atom. The average Bonchev–Trinajstić information content (AvgIpc) is 2.90. The Morgan fingerprint density at radius 3 is 2.80 bits per heavy atom. The summed E-state index contributed by atoms with van der Waals surface area (Å²) >= 11 is 0. The summed E-state index contributed by atoms with van der Waals surface area (Å²) in [5.74, 6) is -0.735. The molecule has 1 atom stereocenters. The summed E-state index contributed by atoms with van der Waals surface area (Å²) in [6.45, 7) is 4.36. The van der Waals surface area contributed by atoms with Crippen LogP contribution in [0.5, 0.6) is 0 Å².